The van der Waals surface area contributed by atoms with Crippen LogP contribution in [0.5, 0.6) is 0 Å². The molecule has 23 heavy (non-hydrogen) atoms. The highest BCUT2D eigenvalue weighted by Crippen LogP contribution is 2.18. The number of carbonyl (C=O) groups is 1. The molecule has 1 aliphatic rings. The molecule has 5 heteroatoms. The number of likely N-dealkylation sites (tertiary alicyclic amines) is 1. The molecule has 0 atom stereocenters. The molecule has 0 unspecified atom stereocenters. The molecule has 122 valence electrons. The Hall–Kier alpha value is -1.72. The molecule has 1 N–H and O–H groups in total. The summed E-state index contributed by atoms with van der Waals surface area (Å²) in [5, 5.41) is 5.11. The maximum absolute atomic E-state index is 11.9. The molecule has 0 saturated carbocycles. The van der Waals surface area contributed by atoms with E-state index in [-0.39, 0.29) is 5.91 Å². The fourth-order valence-corrected chi connectivity index (χ4v) is 3.67. The highest BCUT2D eigenvalue weighted by Gasteiger charge is 2.20. The van der Waals surface area contributed by atoms with Gasteiger partial charge in [-0.3, -0.25) is 14.7 Å². The Balaban J connectivity index is 1.35. The van der Waals surface area contributed by atoms with Crippen molar-refractivity contribution in [3.63, 3.8) is 0 Å². The van der Waals surface area contributed by atoms with E-state index in [4.69, 9.17) is 0 Å². The molecular weight excluding hydrogens is 306 g/mol. The molecule has 1 fully saturated rings. The van der Waals surface area contributed by atoms with Crippen LogP contribution in [0.3, 0.4) is 0 Å². The number of hydrogen-bond acceptors (Lipinski definition) is 4. The molecular formula is C18H23N3OS. The van der Waals surface area contributed by atoms with Crippen molar-refractivity contribution in [2.24, 2.45) is 5.92 Å². The van der Waals surface area contributed by atoms with Crippen LogP contribution in [0, 0.1) is 5.92 Å². The highest BCUT2D eigenvalue weighted by atomic mass is 32.1. The van der Waals surface area contributed by atoms with Gasteiger partial charge in [0.15, 0.2) is 0 Å². The van der Waals surface area contributed by atoms with Crippen LogP contribution >= 0.6 is 11.3 Å². The van der Waals surface area contributed by atoms with Crippen LogP contribution in [0.1, 0.15) is 23.4 Å². The average Bonchev–Trinajstić information content (AvgIpc) is 3.08. The van der Waals surface area contributed by atoms with Gasteiger partial charge >= 0.3 is 0 Å². The Morgan fingerprint density at radius 1 is 1.26 bits per heavy atom. The van der Waals surface area contributed by atoms with Gasteiger partial charge in [0.2, 0.25) is 5.91 Å². The molecule has 4 nitrogen and oxygen atoms in total. The second kappa shape index (κ2) is 8.22. The van der Waals surface area contributed by atoms with Crippen LogP contribution in [0.15, 0.2) is 41.9 Å². The standard InChI is InChI=1S/C18H23N3OS/c22-18(12-17-5-3-11-23-17)20-13-15-6-9-21(10-7-15)14-16-4-1-2-8-19-16/h1-5,8,11,15H,6-7,9-10,12-14H2,(H,20,22). The molecule has 2 aromatic rings. The van der Waals surface area contributed by atoms with E-state index in [2.05, 4.69) is 21.3 Å². The number of hydrogen-bond donors (Lipinski definition) is 1. The Bertz CT molecular complexity index is 592. The number of piperidine rings is 1. The lowest BCUT2D eigenvalue weighted by molar-refractivity contribution is -0.120. The van der Waals surface area contributed by atoms with E-state index < -0.39 is 0 Å². The number of rotatable bonds is 6. The van der Waals surface area contributed by atoms with Crippen LogP contribution in [0.2, 0.25) is 0 Å². The first-order chi connectivity index (χ1) is 11.3. The molecule has 2 aromatic heterocycles. The summed E-state index contributed by atoms with van der Waals surface area (Å²) in [5.41, 5.74) is 1.13. The third-order valence-electron chi connectivity index (χ3n) is 4.32. The molecule has 0 spiro atoms. The van der Waals surface area contributed by atoms with Crippen molar-refractivity contribution in [2.45, 2.75) is 25.8 Å². The minimum atomic E-state index is 0.142. The molecule has 3 heterocycles. The summed E-state index contributed by atoms with van der Waals surface area (Å²) < 4.78 is 0. The van der Waals surface area contributed by atoms with Crippen LogP contribution in [0.25, 0.3) is 0 Å². The van der Waals surface area contributed by atoms with Crippen molar-refractivity contribution in [1.29, 1.82) is 0 Å². The molecule has 0 bridgehead atoms. The van der Waals surface area contributed by atoms with E-state index in [1.54, 1.807) is 11.3 Å². The molecule has 0 aromatic carbocycles. The zero-order valence-corrected chi connectivity index (χ0v) is 14.1. The Morgan fingerprint density at radius 3 is 2.83 bits per heavy atom. The number of carbonyl (C=O) groups excluding carboxylic acids is 1. The SMILES string of the molecule is O=C(Cc1cccs1)NCC1CCN(Cc2ccccn2)CC1. The van der Waals surface area contributed by atoms with Gasteiger partial charge in [0, 0.05) is 24.2 Å². The lowest BCUT2D eigenvalue weighted by Gasteiger charge is -2.31. The molecule has 0 aliphatic carbocycles. The van der Waals surface area contributed by atoms with Gasteiger partial charge in [-0.25, -0.2) is 0 Å². The van der Waals surface area contributed by atoms with Crippen molar-refractivity contribution < 1.29 is 4.79 Å². The smallest absolute Gasteiger partial charge is 0.225 e. The van der Waals surface area contributed by atoms with Crippen molar-refractivity contribution in [3.8, 4) is 0 Å². The molecule has 1 amide bonds. The maximum Gasteiger partial charge on any atom is 0.225 e. The largest absolute Gasteiger partial charge is 0.356 e. The number of pyridine rings is 1. The Kier molecular flexibility index (Phi) is 5.77. The van der Waals surface area contributed by atoms with Gasteiger partial charge in [-0.2, -0.15) is 0 Å². The third kappa shape index (κ3) is 5.15. The van der Waals surface area contributed by atoms with E-state index in [0.717, 1.165) is 49.6 Å². The van der Waals surface area contributed by atoms with Crippen LogP contribution < -0.4 is 5.32 Å². The quantitative estimate of drug-likeness (QED) is 0.886. The lowest BCUT2D eigenvalue weighted by atomic mass is 9.96. The predicted molar refractivity (Wildman–Crippen MR) is 93.3 cm³/mol. The van der Waals surface area contributed by atoms with Crippen molar-refractivity contribution >= 4 is 17.2 Å². The van der Waals surface area contributed by atoms with E-state index in [1.807, 2.05) is 35.8 Å². The Morgan fingerprint density at radius 2 is 2.13 bits per heavy atom. The summed E-state index contributed by atoms with van der Waals surface area (Å²) >= 11 is 1.64. The predicted octanol–water partition coefficient (Wildman–Crippen LogP) is 2.71. The van der Waals surface area contributed by atoms with Gasteiger partial charge in [0.1, 0.15) is 0 Å². The van der Waals surface area contributed by atoms with Gasteiger partial charge in [-0.05, 0) is 55.4 Å². The second-order valence-electron chi connectivity index (χ2n) is 6.10. The summed E-state index contributed by atoms with van der Waals surface area (Å²) in [6, 6.07) is 10.1. The fraction of sp³-hybridized carbons (Fsp3) is 0.444. The molecule has 1 aliphatic heterocycles. The zero-order valence-electron chi connectivity index (χ0n) is 13.3. The summed E-state index contributed by atoms with van der Waals surface area (Å²) in [7, 11) is 0. The van der Waals surface area contributed by atoms with Crippen LogP contribution in [-0.4, -0.2) is 35.4 Å². The van der Waals surface area contributed by atoms with Gasteiger partial charge in [-0.1, -0.05) is 12.1 Å². The van der Waals surface area contributed by atoms with Gasteiger partial charge in [-0.15, -0.1) is 11.3 Å². The second-order valence-corrected chi connectivity index (χ2v) is 7.13. The number of aromatic nitrogens is 1. The average molecular weight is 329 g/mol. The minimum Gasteiger partial charge on any atom is -0.356 e. The monoisotopic (exact) mass is 329 g/mol. The summed E-state index contributed by atoms with van der Waals surface area (Å²) in [6.07, 6.45) is 4.65. The Labute approximate surface area is 141 Å². The zero-order chi connectivity index (χ0) is 15.9. The van der Waals surface area contributed by atoms with Gasteiger partial charge in [0.05, 0.1) is 12.1 Å². The summed E-state index contributed by atoms with van der Waals surface area (Å²) in [4.78, 5) is 19.9. The molecule has 1 saturated heterocycles. The first-order valence-electron chi connectivity index (χ1n) is 8.21. The van der Waals surface area contributed by atoms with E-state index in [1.165, 1.54) is 0 Å². The molecule has 0 radical (unpaired) electrons. The van der Waals surface area contributed by atoms with Crippen molar-refractivity contribution in [3.05, 3.63) is 52.5 Å². The number of amides is 1. The van der Waals surface area contributed by atoms with Crippen LogP contribution in [0.4, 0.5) is 0 Å². The normalized spacial score (nSPS) is 16.3. The number of thiophene rings is 1. The van der Waals surface area contributed by atoms with Crippen LogP contribution in [-0.2, 0) is 17.8 Å². The topological polar surface area (TPSA) is 45.2 Å². The van der Waals surface area contributed by atoms with E-state index in [0.29, 0.717) is 12.3 Å². The third-order valence-corrected chi connectivity index (χ3v) is 5.20. The van der Waals surface area contributed by atoms with Gasteiger partial charge in [0.25, 0.3) is 0 Å². The number of nitrogens with zero attached hydrogens (tertiary/aromatic N) is 2. The van der Waals surface area contributed by atoms with Gasteiger partial charge < -0.3 is 5.32 Å². The first kappa shape index (κ1) is 16.1. The van der Waals surface area contributed by atoms with E-state index in [9.17, 15) is 4.79 Å². The summed E-state index contributed by atoms with van der Waals surface area (Å²) in [5.74, 6) is 0.741. The van der Waals surface area contributed by atoms with E-state index >= 15 is 0 Å². The first-order valence-corrected chi connectivity index (χ1v) is 9.09. The van der Waals surface area contributed by atoms with Crippen molar-refractivity contribution in [1.82, 2.24) is 15.2 Å². The number of nitrogens with one attached hydrogen (secondary N) is 1. The minimum absolute atomic E-state index is 0.142. The summed E-state index contributed by atoms with van der Waals surface area (Å²) in [6.45, 7) is 3.91. The highest BCUT2D eigenvalue weighted by molar-refractivity contribution is 7.10. The van der Waals surface area contributed by atoms with Crippen molar-refractivity contribution in [2.75, 3.05) is 19.6 Å². The molecule has 3 rings (SSSR count). The fourth-order valence-electron chi connectivity index (χ4n) is 2.96. The lowest BCUT2D eigenvalue weighted by Crippen LogP contribution is -2.38. The maximum atomic E-state index is 11.9.